The Bertz CT molecular complexity index is 452. The van der Waals surface area contributed by atoms with Crippen LogP contribution in [0.1, 0.15) is 26.2 Å². The summed E-state index contributed by atoms with van der Waals surface area (Å²) in [6, 6.07) is 0. The molecule has 4 nitrogen and oxygen atoms in total. The molecule has 0 saturated heterocycles. The van der Waals surface area contributed by atoms with Crippen LogP contribution in [0.4, 0.5) is 0 Å². The van der Waals surface area contributed by atoms with E-state index in [-0.39, 0.29) is 18.6 Å². The molecule has 0 amide bonds. The molecule has 0 aromatic rings. The molecule has 0 bridgehead atoms. The van der Waals surface area contributed by atoms with Gasteiger partial charge in [0.05, 0.1) is 0 Å². The summed E-state index contributed by atoms with van der Waals surface area (Å²) < 4.78 is 5.48. The number of carbonyl (C=O) groups excluding carboxylic acids is 1. The zero-order chi connectivity index (χ0) is 11.7. The molecule has 0 atom stereocenters. The standard InChI is InChI=1S/C12H12O4/c1-7-2-3-8-6-10(13)9(12(8)16-7)4-5-11(14)15/h2-3H,4-6H2,1H3,(H,14,15). The Morgan fingerprint density at radius 3 is 2.94 bits per heavy atom. The van der Waals surface area contributed by atoms with Crippen LogP contribution in [0.15, 0.2) is 34.8 Å². The molecule has 0 radical (unpaired) electrons. The number of rotatable bonds is 3. The van der Waals surface area contributed by atoms with Crippen LogP contribution in [-0.4, -0.2) is 16.9 Å². The fourth-order valence-corrected chi connectivity index (χ4v) is 1.84. The average Bonchev–Trinajstić information content (AvgIpc) is 2.51. The predicted molar refractivity (Wildman–Crippen MR) is 56.4 cm³/mol. The quantitative estimate of drug-likeness (QED) is 0.789. The number of hydrogen-bond donors (Lipinski definition) is 1. The highest BCUT2D eigenvalue weighted by atomic mass is 16.5. The zero-order valence-electron chi connectivity index (χ0n) is 8.95. The molecule has 1 heterocycles. The molecule has 1 N–H and O–H groups in total. The van der Waals surface area contributed by atoms with Crippen molar-refractivity contribution in [3.8, 4) is 0 Å². The molecular weight excluding hydrogens is 208 g/mol. The van der Waals surface area contributed by atoms with E-state index < -0.39 is 5.97 Å². The molecule has 2 rings (SSSR count). The Morgan fingerprint density at radius 2 is 2.25 bits per heavy atom. The maximum Gasteiger partial charge on any atom is 0.303 e. The van der Waals surface area contributed by atoms with E-state index in [1.54, 1.807) is 6.92 Å². The van der Waals surface area contributed by atoms with Crippen LogP contribution in [0.2, 0.25) is 0 Å². The van der Waals surface area contributed by atoms with Gasteiger partial charge in [-0.2, -0.15) is 0 Å². The number of Topliss-reactive ketones (excluding diaryl/α,β-unsaturated/α-hetero) is 1. The van der Waals surface area contributed by atoms with Crippen LogP contribution in [0.5, 0.6) is 0 Å². The van der Waals surface area contributed by atoms with Gasteiger partial charge in [-0.15, -0.1) is 0 Å². The lowest BCUT2D eigenvalue weighted by molar-refractivity contribution is -0.136. The molecule has 2 aliphatic rings. The minimum Gasteiger partial charge on any atom is -0.481 e. The van der Waals surface area contributed by atoms with E-state index in [4.69, 9.17) is 9.84 Å². The predicted octanol–water partition coefficient (Wildman–Crippen LogP) is 1.94. The van der Waals surface area contributed by atoms with Gasteiger partial charge >= 0.3 is 5.97 Å². The van der Waals surface area contributed by atoms with Gasteiger partial charge in [-0.05, 0) is 19.4 Å². The second-order valence-electron chi connectivity index (χ2n) is 3.87. The van der Waals surface area contributed by atoms with Crippen molar-refractivity contribution < 1.29 is 19.4 Å². The SMILES string of the molecule is CC1=CC=C2CC(=O)C(CCC(=O)O)=C2O1. The lowest BCUT2D eigenvalue weighted by atomic mass is 10.1. The van der Waals surface area contributed by atoms with Gasteiger partial charge in [0, 0.05) is 24.0 Å². The van der Waals surface area contributed by atoms with E-state index >= 15 is 0 Å². The molecule has 1 aliphatic carbocycles. The maximum absolute atomic E-state index is 11.7. The van der Waals surface area contributed by atoms with Crippen molar-refractivity contribution in [1.82, 2.24) is 0 Å². The highest BCUT2D eigenvalue weighted by Gasteiger charge is 2.30. The smallest absolute Gasteiger partial charge is 0.303 e. The van der Waals surface area contributed by atoms with Crippen molar-refractivity contribution in [1.29, 1.82) is 0 Å². The number of fused-ring (bicyclic) bond motifs is 1. The molecule has 0 spiro atoms. The Labute approximate surface area is 92.9 Å². The normalized spacial score (nSPS) is 18.9. The highest BCUT2D eigenvalue weighted by molar-refractivity contribution is 6.02. The van der Waals surface area contributed by atoms with Crippen LogP contribution >= 0.6 is 0 Å². The van der Waals surface area contributed by atoms with Gasteiger partial charge in [0.1, 0.15) is 11.5 Å². The van der Waals surface area contributed by atoms with E-state index in [0.29, 0.717) is 17.8 Å². The topological polar surface area (TPSA) is 63.6 Å². The van der Waals surface area contributed by atoms with Gasteiger partial charge in [0.15, 0.2) is 5.78 Å². The van der Waals surface area contributed by atoms with E-state index in [1.807, 2.05) is 12.2 Å². The van der Waals surface area contributed by atoms with Gasteiger partial charge in [-0.25, -0.2) is 0 Å². The van der Waals surface area contributed by atoms with E-state index in [2.05, 4.69) is 0 Å². The van der Waals surface area contributed by atoms with Crippen LogP contribution in [0.3, 0.4) is 0 Å². The summed E-state index contributed by atoms with van der Waals surface area (Å²) in [5, 5.41) is 8.61. The van der Waals surface area contributed by atoms with Crippen LogP contribution < -0.4 is 0 Å². The first kappa shape index (κ1) is 10.7. The molecule has 1 aliphatic heterocycles. The number of ketones is 1. The largest absolute Gasteiger partial charge is 0.481 e. The average molecular weight is 220 g/mol. The Kier molecular flexibility index (Phi) is 2.64. The molecule has 4 heteroatoms. The summed E-state index contributed by atoms with van der Waals surface area (Å²) in [5.41, 5.74) is 1.37. The number of ether oxygens (including phenoxy) is 1. The lowest BCUT2D eigenvalue weighted by Gasteiger charge is -2.13. The molecule has 0 fully saturated rings. The molecule has 0 unspecified atom stereocenters. The summed E-state index contributed by atoms with van der Waals surface area (Å²) in [5.74, 6) is 0.375. The monoisotopic (exact) mass is 220 g/mol. The number of hydrogen-bond acceptors (Lipinski definition) is 3. The molecular formula is C12H12O4. The van der Waals surface area contributed by atoms with Crippen molar-refractivity contribution in [3.63, 3.8) is 0 Å². The van der Waals surface area contributed by atoms with Gasteiger partial charge in [-0.3, -0.25) is 9.59 Å². The third-order valence-electron chi connectivity index (χ3n) is 2.62. The second-order valence-corrected chi connectivity index (χ2v) is 3.87. The Balaban J connectivity index is 2.25. The summed E-state index contributed by atoms with van der Waals surface area (Å²) in [4.78, 5) is 22.2. The first-order chi connectivity index (χ1) is 7.58. The molecule has 84 valence electrons. The minimum atomic E-state index is -0.901. The molecule has 0 aromatic heterocycles. The molecule has 16 heavy (non-hydrogen) atoms. The van der Waals surface area contributed by atoms with E-state index in [9.17, 15) is 9.59 Å². The summed E-state index contributed by atoms with van der Waals surface area (Å²) in [6.07, 6.45) is 4.21. The van der Waals surface area contributed by atoms with E-state index in [1.165, 1.54) is 0 Å². The maximum atomic E-state index is 11.7. The van der Waals surface area contributed by atoms with Crippen LogP contribution in [-0.2, 0) is 14.3 Å². The minimum absolute atomic E-state index is 0.0226. The highest BCUT2D eigenvalue weighted by Crippen LogP contribution is 2.35. The van der Waals surface area contributed by atoms with E-state index in [0.717, 1.165) is 11.3 Å². The van der Waals surface area contributed by atoms with Gasteiger partial charge < -0.3 is 9.84 Å². The van der Waals surface area contributed by atoms with Crippen molar-refractivity contribution in [2.75, 3.05) is 0 Å². The number of carbonyl (C=O) groups is 2. The van der Waals surface area contributed by atoms with Crippen molar-refractivity contribution >= 4 is 11.8 Å². The first-order valence-electron chi connectivity index (χ1n) is 5.12. The number of allylic oxidation sites excluding steroid dienone is 5. The fourth-order valence-electron chi connectivity index (χ4n) is 1.84. The van der Waals surface area contributed by atoms with Crippen molar-refractivity contribution in [3.05, 3.63) is 34.8 Å². The lowest BCUT2D eigenvalue weighted by Crippen LogP contribution is -2.02. The van der Waals surface area contributed by atoms with Gasteiger partial charge in [0.25, 0.3) is 0 Å². The first-order valence-corrected chi connectivity index (χ1v) is 5.12. The number of aliphatic carboxylic acids is 1. The molecule has 0 saturated carbocycles. The Morgan fingerprint density at radius 1 is 1.50 bits per heavy atom. The van der Waals surface area contributed by atoms with Gasteiger partial charge in [0.2, 0.25) is 0 Å². The van der Waals surface area contributed by atoms with Crippen LogP contribution in [0.25, 0.3) is 0 Å². The van der Waals surface area contributed by atoms with Crippen LogP contribution in [0, 0.1) is 0 Å². The summed E-state index contributed by atoms with van der Waals surface area (Å²) >= 11 is 0. The number of carboxylic acids is 1. The van der Waals surface area contributed by atoms with Gasteiger partial charge in [-0.1, -0.05) is 6.08 Å². The number of carboxylic acid groups (broad SMARTS) is 1. The zero-order valence-corrected chi connectivity index (χ0v) is 8.95. The van der Waals surface area contributed by atoms with Crippen molar-refractivity contribution in [2.24, 2.45) is 0 Å². The third-order valence-corrected chi connectivity index (χ3v) is 2.62. The fraction of sp³-hybridized carbons (Fsp3) is 0.333. The summed E-state index contributed by atoms with van der Waals surface area (Å²) in [7, 11) is 0. The second kappa shape index (κ2) is 3.96. The summed E-state index contributed by atoms with van der Waals surface area (Å²) in [6.45, 7) is 1.80. The Hall–Kier alpha value is -1.84. The van der Waals surface area contributed by atoms with Crippen molar-refractivity contribution in [2.45, 2.75) is 26.2 Å². The third kappa shape index (κ3) is 1.91. The molecule has 0 aromatic carbocycles.